The van der Waals surface area contributed by atoms with Crippen LogP contribution in [0.4, 0.5) is 5.69 Å². The first kappa shape index (κ1) is 30.0. The molecule has 3 amide bonds. The van der Waals surface area contributed by atoms with Crippen LogP contribution in [0.3, 0.4) is 0 Å². The topological polar surface area (TPSA) is 117 Å². The van der Waals surface area contributed by atoms with Gasteiger partial charge in [0.2, 0.25) is 17.7 Å². The zero-order valence-corrected chi connectivity index (χ0v) is 25.0. The van der Waals surface area contributed by atoms with Gasteiger partial charge in [-0.3, -0.25) is 14.4 Å². The van der Waals surface area contributed by atoms with Crippen LogP contribution in [0.5, 0.6) is 5.75 Å². The zero-order chi connectivity index (χ0) is 30.1. The molecule has 2 aromatic carbocycles. The highest BCUT2D eigenvalue weighted by Crippen LogP contribution is 2.64. The highest BCUT2D eigenvalue weighted by molar-refractivity contribution is 6.02. The minimum atomic E-state index is -1.16. The predicted molar refractivity (Wildman–Crippen MR) is 159 cm³/mol. The number of aliphatic hydroxyl groups excluding tert-OH is 1. The van der Waals surface area contributed by atoms with Crippen LogP contribution in [0.25, 0.3) is 0 Å². The molecule has 226 valence electrons. The maximum absolute atomic E-state index is 14.5. The van der Waals surface area contributed by atoms with Gasteiger partial charge in [-0.05, 0) is 61.9 Å². The van der Waals surface area contributed by atoms with E-state index in [1.54, 1.807) is 29.2 Å². The van der Waals surface area contributed by atoms with Gasteiger partial charge in [0.05, 0.1) is 36.7 Å². The molecule has 0 radical (unpaired) electrons. The van der Waals surface area contributed by atoms with E-state index < -0.39 is 35.1 Å². The lowest BCUT2D eigenvalue weighted by atomic mass is 9.65. The van der Waals surface area contributed by atoms with Crippen molar-refractivity contribution in [2.75, 3.05) is 18.5 Å². The maximum atomic E-state index is 14.5. The van der Waals surface area contributed by atoms with Crippen LogP contribution in [0.15, 0.2) is 54.6 Å². The van der Waals surface area contributed by atoms with Gasteiger partial charge in [0, 0.05) is 12.2 Å². The van der Waals surface area contributed by atoms with E-state index in [0.29, 0.717) is 50.3 Å². The molecule has 3 N–H and O–H groups in total. The van der Waals surface area contributed by atoms with Crippen LogP contribution in [0.1, 0.15) is 58.9 Å². The monoisotopic (exact) mass is 577 g/mol. The van der Waals surface area contributed by atoms with E-state index in [2.05, 4.69) is 10.6 Å². The summed E-state index contributed by atoms with van der Waals surface area (Å²) in [7, 11) is 0. The summed E-state index contributed by atoms with van der Waals surface area (Å²) < 4.78 is 12.4. The van der Waals surface area contributed by atoms with Crippen LogP contribution in [-0.2, 0) is 25.7 Å². The third-order valence-electron chi connectivity index (χ3n) is 9.74. The summed E-state index contributed by atoms with van der Waals surface area (Å²) in [6.45, 7) is 8.41. The number of benzene rings is 2. The number of carbonyl (C=O) groups excluding carboxylic acids is 3. The molecule has 0 aliphatic carbocycles. The molecule has 2 bridgehead atoms. The van der Waals surface area contributed by atoms with Crippen molar-refractivity contribution >= 4 is 23.4 Å². The summed E-state index contributed by atoms with van der Waals surface area (Å²) in [5, 5.41) is 16.6. The number of fused-ring (bicyclic) bond motifs is 1. The van der Waals surface area contributed by atoms with Gasteiger partial charge < -0.3 is 30.1 Å². The molecule has 7 atom stereocenters. The molecule has 0 saturated carbocycles. The van der Waals surface area contributed by atoms with E-state index in [1.165, 1.54) is 0 Å². The number of ether oxygens (including phenoxy) is 2. The average molecular weight is 578 g/mol. The smallest absolute Gasteiger partial charge is 0.246 e. The predicted octanol–water partition coefficient (Wildman–Crippen LogP) is 3.90. The van der Waals surface area contributed by atoms with Crippen molar-refractivity contribution in [3.05, 3.63) is 60.2 Å². The number of aliphatic hydroxyl groups is 1. The van der Waals surface area contributed by atoms with E-state index >= 15 is 0 Å². The Morgan fingerprint density at radius 2 is 1.79 bits per heavy atom. The molecule has 3 saturated heterocycles. The van der Waals surface area contributed by atoms with Crippen LogP contribution < -0.4 is 15.4 Å². The summed E-state index contributed by atoms with van der Waals surface area (Å²) in [6, 6.07) is 15.2. The molecule has 42 heavy (non-hydrogen) atoms. The fourth-order valence-electron chi connectivity index (χ4n) is 7.43. The van der Waals surface area contributed by atoms with Crippen molar-refractivity contribution in [3.8, 4) is 5.75 Å². The summed E-state index contributed by atoms with van der Waals surface area (Å²) in [5.41, 5.74) is -0.482. The van der Waals surface area contributed by atoms with Gasteiger partial charge in [-0.25, -0.2) is 0 Å². The zero-order valence-electron chi connectivity index (χ0n) is 25.0. The van der Waals surface area contributed by atoms with E-state index in [0.717, 1.165) is 5.56 Å². The Bertz CT molecular complexity index is 1290. The van der Waals surface area contributed by atoms with Crippen molar-refractivity contribution in [3.63, 3.8) is 0 Å². The van der Waals surface area contributed by atoms with Gasteiger partial charge >= 0.3 is 0 Å². The van der Waals surface area contributed by atoms with E-state index in [9.17, 15) is 19.5 Å². The van der Waals surface area contributed by atoms with E-state index in [4.69, 9.17) is 9.47 Å². The van der Waals surface area contributed by atoms with Crippen molar-refractivity contribution < 1.29 is 29.0 Å². The Morgan fingerprint density at radius 1 is 1.07 bits per heavy atom. The van der Waals surface area contributed by atoms with Gasteiger partial charge in [0.25, 0.3) is 0 Å². The van der Waals surface area contributed by atoms with E-state index in [-0.39, 0.29) is 30.2 Å². The second-order valence-electron chi connectivity index (χ2n) is 11.9. The quantitative estimate of drug-likeness (QED) is 0.352. The molecule has 1 spiro atoms. The lowest BCUT2D eigenvalue weighted by molar-refractivity contribution is -0.151. The Balaban J connectivity index is 1.50. The Labute approximate surface area is 248 Å². The number of carbonyl (C=O) groups is 3. The molecule has 5 rings (SSSR count). The third-order valence-corrected chi connectivity index (χ3v) is 9.74. The molecule has 3 aliphatic rings. The fraction of sp³-hybridized carbons (Fsp3) is 0.545. The largest absolute Gasteiger partial charge is 0.494 e. The van der Waals surface area contributed by atoms with Crippen LogP contribution in [-0.4, -0.2) is 64.2 Å². The van der Waals surface area contributed by atoms with Gasteiger partial charge in [-0.15, -0.1) is 0 Å². The fourth-order valence-corrected chi connectivity index (χ4v) is 7.43. The molecule has 9 nitrogen and oxygen atoms in total. The first-order valence-electron chi connectivity index (χ1n) is 15.2. The van der Waals surface area contributed by atoms with Crippen LogP contribution >= 0.6 is 0 Å². The molecule has 3 aliphatic heterocycles. The molecule has 2 unspecified atom stereocenters. The standard InChI is InChI=1S/C33H43N3O6/c1-5-21(4)25(20-37)36-28(30(39)34-19-22-11-9-8-10-12-22)33-18-17-32(6-2,42-33)26(27(33)31(36)40)29(38)35-23-13-15-24(16-14-23)41-7-3/h8-16,21,25-28,37H,5-7,17-20H2,1-4H3,(H,34,39)(H,35,38)/t21-,25-,26-,27-,28?,32+,33?/m0/s1. The molecular formula is C33H43N3O6. The minimum Gasteiger partial charge on any atom is -0.494 e. The minimum absolute atomic E-state index is 0.0629. The highest BCUT2D eigenvalue weighted by Gasteiger charge is 2.79. The lowest BCUT2D eigenvalue weighted by Gasteiger charge is -2.39. The second kappa shape index (κ2) is 12.1. The number of amides is 3. The normalized spacial score (nSPS) is 29.2. The number of anilines is 1. The van der Waals surface area contributed by atoms with Gasteiger partial charge in [0.15, 0.2) is 0 Å². The van der Waals surface area contributed by atoms with Crippen molar-refractivity contribution in [1.29, 1.82) is 0 Å². The van der Waals surface area contributed by atoms with Gasteiger partial charge in [-0.1, -0.05) is 57.5 Å². The molecule has 3 heterocycles. The first-order valence-corrected chi connectivity index (χ1v) is 15.2. The number of nitrogens with zero attached hydrogens (tertiary/aromatic N) is 1. The Morgan fingerprint density at radius 3 is 2.40 bits per heavy atom. The Kier molecular flexibility index (Phi) is 8.62. The first-order chi connectivity index (χ1) is 20.2. The average Bonchev–Trinajstić information content (AvgIpc) is 3.61. The number of hydrogen-bond acceptors (Lipinski definition) is 6. The summed E-state index contributed by atoms with van der Waals surface area (Å²) >= 11 is 0. The van der Waals surface area contributed by atoms with Gasteiger partial charge in [-0.2, -0.15) is 0 Å². The Hall–Kier alpha value is -3.43. The van der Waals surface area contributed by atoms with Crippen LogP contribution in [0.2, 0.25) is 0 Å². The van der Waals surface area contributed by atoms with Crippen molar-refractivity contribution in [1.82, 2.24) is 10.2 Å². The van der Waals surface area contributed by atoms with Crippen molar-refractivity contribution in [2.24, 2.45) is 17.8 Å². The molecule has 2 aromatic rings. The number of nitrogens with one attached hydrogen (secondary N) is 2. The summed E-state index contributed by atoms with van der Waals surface area (Å²) in [5.74, 6) is -1.89. The molecular weight excluding hydrogens is 534 g/mol. The number of likely N-dealkylation sites (tertiary alicyclic amines) is 1. The SMILES string of the molecule is CCOc1ccc(NC(=O)[C@@H]2[C@H]3C(=O)N([C@@H](CO)[C@@H](C)CC)C(C(=O)NCc4ccccc4)C34CC[C@@]2(CC)O4)cc1. The molecule has 0 aromatic heterocycles. The number of hydrogen-bond donors (Lipinski definition) is 3. The van der Waals surface area contributed by atoms with Crippen molar-refractivity contribution in [2.45, 2.75) is 83.2 Å². The number of rotatable bonds is 12. The summed E-state index contributed by atoms with van der Waals surface area (Å²) in [4.78, 5) is 44.2. The van der Waals surface area contributed by atoms with Crippen LogP contribution in [0, 0.1) is 17.8 Å². The molecule has 9 heteroatoms. The summed E-state index contributed by atoms with van der Waals surface area (Å²) in [6.07, 6.45) is 2.31. The second-order valence-corrected chi connectivity index (χ2v) is 11.9. The maximum Gasteiger partial charge on any atom is 0.246 e. The van der Waals surface area contributed by atoms with E-state index in [1.807, 2.05) is 58.0 Å². The lowest BCUT2D eigenvalue weighted by Crippen LogP contribution is -2.59. The highest BCUT2D eigenvalue weighted by atomic mass is 16.5. The third kappa shape index (κ3) is 4.96. The van der Waals surface area contributed by atoms with Gasteiger partial charge in [0.1, 0.15) is 17.4 Å². The molecule has 3 fully saturated rings.